The Bertz CT molecular complexity index is 1370. The molecule has 0 aliphatic heterocycles. The van der Waals surface area contributed by atoms with E-state index in [4.69, 9.17) is 21.1 Å². The average molecular weight is 508 g/mol. The second-order valence-corrected chi connectivity index (χ2v) is 8.39. The van der Waals surface area contributed by atoms with Gasteiger partial charge in [-0.05, 0) is 48.4 Å². The zero-order valence-electron chi connectivity index (χ0n) is 20.0. The van der Waals surface area contributed by atoms with Crippen LogP contribution in [-0.4, -0.2) is 46.8 Å². The molecule has 0 fully saturated rings. The van der Waals surface area contributed by atoms with E-state index in [1.807, 2.05) is 19.1 Å². The molecule has 9 nitrogen and oxygen atoms in total. The van der Waals surface area contributed by atoms with Crippen LogP contribution < -0.4 is 20.1 Å². The third-order valence-corrected chi connectivity index (χ3v) is 5.80. The number of H-pyrrole nitrogens is 1. The molecule has 1 atom stereocenters. The number of aliphatic hydroxyl groups excluding tert-OH is 1. The predicted molar refractivity (Wildman–Crippen MR) is 138 cm³/mol. The lowest BCUT2D eigenvalue weighted by atomic mass is 10.1. The van der Waals surface area contributed by atoms with Crippen molar-refractivity contribution in [3.63, 3.8) is 0 Å². The van der Waals surface area contributed by atoms with E-state index in [2.05, 4.69) is 25.6 Å². The zero-order valence-corrected chi connectivity index (χ0v) is 20.8. The second-order valence-electron chi connectivity index (χ2n) is 7.96. The molecule has 0 radical (unpaired) electrons. The lowest BCUT2D eigenvalue weighted by molar-refractivity contribution is 0.0911. The number of halogens is 1. The van der Waals surface area contributed by atoms with Gasteiger partial charge in [-0.25, -0.2) is 9.97 Å². The van der Waals surface area contributed by atoms with Crippen LogP contribution in [0, 0.1) is 6.92 Å². The van der Waals surface area contributed by atoms with Gasteiger partial charge in [0.15, 0.2) is 11.5 Å². The number of aliphatic hydroxyl groups is 1. The molecule has 2 aromatic carbocycles. The SMILES string of the molecule is COc1cccc(Nc2ncc(C)c(-c3c[nH]c(C(=O)NC(CO)c4cccc(Cl)c4)c3)n2)c1OC. The molecule has 0 aliphatic rings. The van der Waals surface area contributed by atoms with Crippen molar-refractivity contribution in [3.05, 3.63) is 82.8 Å². The highest BCUT2D eigenvalue weighted by atomic mass is 35.5. The van der Waals surface area contributed by atoms with E-state index in [0.29, 0.717) is 50.7 Å². The Labute approximate surface area is 213 Å². The fourth-order valence-corrected chi connectivity index (χ4v) is 3.96. The number of hydrogen-bond acceptors (Lipinski definition) is 7. The molecule has 0 aliphatic carbocycles. The van der Waals surface area contributed by atoms with Gasteiger partial charge in [0, 0.05) is 23.0 Å². The molecule has 0 bridgehead atoms. The molecular formula is C26H26ClN5O4. The van der Waals surface area contributed by atoms with Crippen LogP contribution >= 0.6 is 11.6 Å². The molecule has 10 heteroatoms. The van der Waals surface area contributed by atoms with Crippen LogP contribution in [-0.2, 0) is 0 Å². The number of nitrogens with one attached hydrogen (secondary N) is 3. The smallest absolute Gasteiger partial charge is 0.268 e. The first-order chi connectivity index (χ1) is 17.4. The normalized spacial score (nSPS) is 11.6. The molecule has 2 aromatic heterocycles. The number of aryl methyl sites for hydroxylation is 1. The number of amides is 1. The Hall–Kier alpha value is -4.08. The summed E-state index contributed by atoms with van der Waals surface area (Å²) >= 11 is 6.05. The summed E-state index contributed by atoms with van der Waals surface area (Å²) in [5, 5.41) is 16.3. The van der Waals surface area contributed by atoms with Crippen LogP contribution in [0.25, 0.3) is 11.3 Å². The van der Waals surface area contributed by atoms with Crippen molar-refractivity contribution < 1.29 is 19.4 Å². The summed E-state index contributed by atoms with van der Waals surface area (Å²) in [6, 6.07) is 13.6. The summed E-state index contributed by atoms with van der Waals surface area (Å²) in [7, 11) is 3.13. The fraction of sp³-hybridized carbons (Fsp3) is 0.192. The number of ether oxygens (including phenoxy) is 2. The van der Waals surface area contributed by atoms with Crippen LogP contribution in [0.5, 0.6) is 11.5 Å². The number of aromatic nitrogens is 3. The van der Waals surface area contributed by atoms with Gasteiger partial charge in [-0.3, -0.25) is 4.79 Å². The molecule has 186 valence electrons. The number of nitrogens with zero attached hydrogens (tertiary/aromatic N) is 2. The first-order valence-electron chi connectivity index (χ1n) is 11.1. The Morgan fingerprint density at radius 1 is 1.17 bits per heavy atom. The van der Waals surface area contributed by atoms with Crippen molar-refractivity contribution in [3.8, 4) is 22.8 Å². The number of methoxy groups -OCH3 is 2. The van der Waals surface area contributed by atoms with E-state index in [9.17, 15) is 9.90 Å². The first-order valence-corrected chi connectivity index (χ1v) is 11.5. The monoisotopic (exact) mass is 507 g/mol. The summed E-state index contributed by atoms with van der Waals surface area (Å²) < 4.78 is 10.8. The molecule has 0 saturated heterocycles. The second kappa shape index (κ2) is 11.1. The van der Waals surface area contributed by atoms with Crippen molar-refractivity contribution in [2.75, 3.05) is 26.1 Å². The summed E-state index contributed by atoms with van der Waals surface area (Å²) in [5.74, 6) is 1.10. The van der Waals surface area contributed by atoms with Gasteiger partial charge in [-0.15, -0.1) is 0 Å². The number of benzene rings is 2. The van der Waals surface area contributed by atoms with E-state index in [-0.39, 0.29) is 12.5 Å². The maximum atomic E-state index is 12.9. The lowest BCUT2D eigenvalue weighted by Gasteiger charge is -2.16. The number of hydrogen-bond donors (Lipinski definition) is 4. The maximum Gasteiger partial charge on any atom is 0.268 e. The lowest BCUT2D eigenvalue weighted by Crippen LogP contribution is -2.31. The first kappa shape index (κ1) is 25.0. The molecule has 0 spiro atoms. The average Bonchev–Trinajstić information content (AvgIpc) is 3.38. The van der Waals surface area contributed by atoms with Crippen molar-refractivity contribution in [2.24, 2.45) is 0 Å². The van der Waals surface area contributed by atoms with Gasteiger partial charge in [-0.1, -0.05) is 29.8 Å². The van der Waals surface area contributed by atoms with Crippen molar-refractivity contribution in [2.45, 2.75) is 13.0 Å². The summed E-state index contributed by atoms with van der Waals surface area (Å²) in [6.45, 7) is 1.62. The van der Waals surface area contributed by atoms with Crippen LogP contribution in [0.2, 0.25) is 5.02 Å². The molecule has 2 heterocycles. The van der Waals surface area contributed by atoms with Crippen LogP contribution in [0.1, 0.15) is 27.7 Å². The molecular weight excluding hydrogens is 482 g/mol. The van der Waals surface area contributed by atoms with Gasteiger partial charge in [0.05, 0.1) is 38.2 Å². The zero-order chi connectivity index (χ0) is 25.7. The van der Waals surface area contributed by atoms with Crippen LogP contribution in [0.4, 0.5) is 11.6 Å². The Balaban J connectivity index is 1.55. The third kappa shape index (κ3) is 5.42. The Morgan fingerprint density at radius 2 is 1.97 bits per heavy atom. The number of aromatic amines is 1. The number of carbonyl (C=O) groups excluding carboxylic acids is 1. The van der Waals surface area contributed by atoms with Crippen molar-refractivity contribution in [1.82, 2.24) is 20.3 Å². The molecule has 36 heavy (non-hydrogen) atoms. The molecule has 1 amide bonds. The number of carbonyl (C=O) groups is 1. The standard InChI is InChI=1S/C26H26ClN5O4/c1-15-12-29-26(31-19-8-5-9-22(35-2)24(19)36-3)32-23(15)17-11-20(28-13-17)25(34)30-21(14-33)16-6-4-7-18(27)10-16/h4-13,21,28,33H,14H2,1-3H3,(H,30,34)(H,29,31,32). The van der Waals surface area contributed by atoms with E-state index in [1.165, 1.54) is 0 Å². The molecule has 4 N–H and O–H groups in total. The highest BCUT2D eigenvalue weighted by Crippen LogP contribution is 2.36. The summed E-state index contributed by atoms with van der Waals surface area (Å²) in [5.41, 5.74) is 3.88. The number of rotatable bonds is 9. The third-order valence-electron chi connectivity index (χ3n) is 5.56. The molecule has 4 rings (SSSR count). The minimum atomic E-state index is -0.600. The van der Waals surface area contributed by atoms with Gasteiger partial charge < -0.3 is 30.2 Å². The van der Waals surface area contributed by atoms with Gasteiger partial charge in [0.1, 0.15) is 5.69 Å². The predicted octanol–water partition coefficient (Wildman–Crippen LogP) is 4.66. The van der Waals surface area contributed by atoms with E-state index >= 15 is 0 Å². The maximum absolute atomic E-state index is 12.9. The topological polar surface area (TPSA) is 121 Å². The minimum Gasteiger partial charge on any atom is -0.493 e. The van der Waals surface area contributed by atoms with Gasteiger partial charge in [0.2, 0.25) is 5.95 Å². The molecule has 4 aromatic rings. The van der Waals surface area contributed by atoms with Gasteiger partial charge in [-0.2, -0.15) is 0 Å². The van der Waals surface area contributed by atoms with E-state index in [0.717, 1.165) is 5.56 Å². The van der Waals surface area contributed by atoms with E-state index < -0.39 is 6.04 Å². The Morgan fingerprint density at radius 3 is 2.69 bits per heavy atom. The van der Waals surface area contributed by atoms with Gasteiger partial charge >= 0.3 is 0 Å². The number of para-hydroxylation sites is 1. The largest absolute Gasteiger partial charge is 0.493 e. The summed E-state index contributed by atoms with van der Waals surface area (Å²) in [6.07, 6.45) is 3.40. The van der Waals surface area contributed by atoms with Crippen LogP contribution in [0.15, 0.2) is 60.9 Å². The van der Waals surface area contributed by atoms with Crippen LogP contribution in [0.3, 0.4) is 0 Å². The fourth-order valence-electron chi connectivity index (χ4n) is 3.76. The van der Waals surface area contributed by atoms with Crippen molar-refractivity contribution in [1.29, 1.82) is 0 Å². The minimum absolute atomic E-state index is 0.270. The van der Waals surface area contributed by atoms with E-state index in [1.54, 1.807) is 63.0 Å². The molecule has 1 unspecified atom stereocenters. The highest BCUT2D eigenvalue weighted by Gasteiger charge is 2.18. The highest BCUT2D eigenvalue weighted by molar-refractivity contribution is 6.30. The quantitative estimate of drug-likeness (QED) is 0.260. The molecule has 0 saturated carbocycles. The van der Waals surface area contributed by atoms with Gasteiger partial charge in [0.25, 0.3) is 5.91 Å². The van der Waals surface area contributed by atoms with Crippen molar-refractivity contribution >= 4 is 29.1 Å². The summed E-state index contributed by atoms with van der Waals surface area (Å²) in [4.78, 5) is 24.9. The number of anilines is 2. The Kier molecular flexibility index (Phi) is 7.72.